The molecule has 2 aliphatic heterocycles. The molecular weight excluding hydrogens is 278 g/mol. The summed E-state index contributed by atoms with van der Waals surface area (Å²) in [5.41, 5.74) is 2.83. The van der Waals surface area contributed by atoms with Crippen LogP contribution in [0.1, 0.15) is 30.9 Å². The quantitative estimate of drug-likeness (QED) is 0.662. The Morgan fingerprint density at radius 3 is 2.86 bits per heavy atom. The van der Waals surface area contributed by atoms with Gasteiger partial charge in [-0.2, -0.15) is 0 Å². The zero-order chi connectivity index (χ0) is 14.9. The van der Waals surface area contributed by atoms with E-state index in [0.29, 0.717) is 25.4 Å². The molecule has 116 valence electrons. The first-order valence-electron chi connectivity index (χ1n) is 7.26. The maximum atomic E-state index is 14.0. The molecule has 0 amide bonds. The van der Waals surface area contributed by atoms with E-state index in [1.807, 2.05) is 0 Å². The maximum absolute atomic E-state index is 14.0. The van der Waals surface area contributed by atoms with Crippen LogP contribution in [0, 0.1) is 17.6 Å². The van der Waals surface area contributed by atoms with E-state index in [1.165, 1.54) is 12.1 Å². The van der Waals surface area contributed by atoms with Crippen molar-refractivity contribution in [2.75, 3.05) is 19.8 Å². The molecule has 0 bridgehead atoms. The SMILES string of the molecule is NNC(c1ccc(F)cc1F)C1CCOC2(CCOC2)C1. The minimum absolute atomic E-state index is 0.130. The minimum Gasteiger partial charge on any atom is -0.378 e. The molecule has 2 aliphatic rings. The first-order chi connectivity index (χ1) is 10.1. The molecule has 1 spiro atoms. The van der Waals surface area contributed by atoms with Crippen LogP contribution in [0.5, 0.6) is 0 Å². The normalized spacial score (nSPS) is 30.7. The van der Waals surface area contributed by atoms with Crippen molar-refractivity contribution in [2.45, 2.75) is 30.9 Å². The predicted molar refractivity (Wildman–Crippen MR) is 73.3 cm³/mol. The van der Waals surface area contributed by atoms with E-state index in [9.17, 15) is 8.78 Å². The van der Waals surface area contributed by atoms with Gasteiger partial charge in [0.25, 0.3) is 0 Å². The van der Waals surface area contributed by atoms with Crippen LogP contribution in [0.2, 0.25) is 0 Å². The van der Waals surface area contributed by atoms with Crippen molar-refractivity contribution in [1.29, 1.82) is 0 Å². The molecule has 21 heavy (non-hydrogen) atoms. The lowest BCUT2D eigenvalue weighted by molar-refractivity contribution is -0.103. The Hall–Kier alpha value is -1.08. The number of nitrogens with one attached hydrogen (secondary N) is 1. The number of rotatable bonds is 3. The van der Waals surface area contributed by atoms with Gasteiger partial charge in [0.1, 0.15) is 11.6 Å². The highest BCUT2D eigenvalue weighted by molar-refractivity contribution is 5.23. The van der Waals surface area contributed by atoms with E-state index in [0.717, 1.165) is 25.3 Å². The lowest BCUT2D eigenvalue weighted by atomic mass is 9.79. The third-order valence-electron chi connectivity index (χ3n) is 4.55. The molecule has 4 nitrogen and oxygen atoms in total. The summed E-state index contributed by atoms with van der Waals surface area (Å²) in [5, 5.41) is 0. The number of hydrogen-bond donors (Lipinski definition) is 2. The molecule has 6 heteroatoms. The number of halogens is 2. The van der Waals surface area contributed by atoms with Gasteiger partial charge >= 0.3 is 0 Å². The molecule has 3 N–H and O–H groups in total. The van der Waals surface area contributed by atoms with Gasteiger partial charge in [-0.25, -0.2) is 8.78 Å². The van der Waals surface area contributed by atoms with Gasteiger partial charge in [0.15, 0.2) is 0 Å². The van der Waals surface area contributed by atoms with Crippen LogP contribution in [-0.4, -0.2) is 25.4 Å². The van der Waals surface area contributed by atoms with E-state index in [1.54, 1.807) is 0 Å². The van der Waals surface area contributed by atoms with Gasteiger partial charge in [-0.15, -0.1) is 0 Å². The lowest BCUT2D eigenvalue weighted by Crippen LogP contribution is -2.45. The van der Waals surface area contributed by atoms with Gasteiger partial charge in [-0.05, 0) is 24.8 Å². The standard InChI is InChI=1S/C15H20F2N2O2/c16-11-1-2-12(13(17)7-11)14(19-18)10-3-5-21-15(8-10)4-6-20-9-15/h1-2,7,10,14,19H,3-6,8-9,18H2. The maximum Gasteiger partial charge on any atom is 0.130 e. The van der Waals surface area contributed by atoms with Crippen LogP contribution in [0.4, 0.5) is 8.78 Å². The summed E-state index contributed by atoms with van der Waals surface area (Å²) < 4.78 is 38.4. The van der Waals surface area contributed by atoms with E-state index in [4.69, 9.17) is 15.3 Å². The third-order valence-corrected chi connectivity index (χ3v) is 4.55. The zero-order valence-electron chi connectivity index (χ0n) is 11.8. The predicted octanol–water partition coefficient (Wildman–Crippen LogP) is 2.05. The Morgan fingerprint density at radius 2 is 2.19 bits per heavy atom. The fourth-order valence-electron chi connectivity index (χ4n) is 3.45. The van der Waals surface area contributed by atoms with Crippen LogP contribution in [0.3, 0.4) is 0 Å². The number of hydrazine groups is 1. The fraction of sp³-hybridized carbons (Fsp3) is 0.600. The van der Waals surface area contributed by atoms with Gasteiger partial charge in [0.05, 0.1) is 18.2 Å². The molecule has 3 atom stereocenters. The lowest BCUT2D eigenvalue weighted by Gasteiger charge is -2.40. The first kappa shape index (κ1) is 14.8. The smallest absolute Gasteiger partial charge is 0.130 e. The highest BCUT2D eigenvalue weighted by Gasteiger charge is 2.43. The summed E-state index contributed by atoms with van der Waals surface area (Å²) in [4.78, 5) is 0. The second-order valence-electron chi connectivity index (χ2n) is 5.90. The van der Waals surface area contributed by atoms with Gasteiger partial charge in [-0.1, -0.05) is 6.07 Å². The second kappa shape index (κ2) is 5.96. The Balaban J connectivity index is 1.82. The van der Waals surface area contributed by atoms with Crippen LogP contribution in [0.15, 0.2) is 18.2 Å². The fourth-order valence-corrected chi connectivity index (χ4v) is 3.45. The monoisotopic (exact) mass is 298 g/mol. The van der Waals surface area contributed by atoms with Crippen molar-refractivity contribution < 1.29 is 18.3 Å². The molecule has 2 fully saturated rings. The molecule has 2 heterocycles. The Morgan fingerprint density at radius 1 is 1.33 bits per heavy atom. The summed E-state index contributed by atoms with van der Waals surface area (Å²) in [5.74, 6) is 4.63. The average molecular weight is 298 g/mol. The Bertz CT molecular complexity index is 506. The molecular formula is C15H20F2N2O2. The number of nitrogens with two attached hydrogens (primary N) is 1. The van der Waals surface area contributed by atoms with Crippen LogP contribution in [0.25, 0.3) is 0 Å². The molecule has 0 saturated carbocycles. The topological polar surface area (TPSA) is 56.5 Å². The largest absolute Gasteiger partial charge is 0.378 e. The van der Waals surface area contributed by atoms with Crippen molar-refractivity contribution in [1.82, 2.24) is 5.43 Å². The molecule has 1 aromatic carbocycles. The van der Waals surface area contributed by atoms with E-state index >= 15 is 0 Å². The zero-order valence-corrected chi connectivity index (χ0v) is 11.8. The van der Waals surface area contributed by atoms with Crippen LogP contribution >= 0.6 is 0 Å². The Kier molecular flexibility index (Phi) is 4.21. The van der Waals surface area contributed by atoms with E-state index in [-0.39, 0.29) is 17.6 Å². The molecule has 2 saturated heterocycles. The van der Waals surface area contributed by atoms with Crippen molar-refractivity contribution >= 4 is 0 Å². The third kappa shape index (κ3) is 2.94. The number of hydrogen-bond acceptors (Lipinski definition) is 4. The van der Waals surface area contributed by atoms with Gasteiger partial charge in [0, 0.05) is 31.3 Å². The van der Waals surface area contributed by atoms with Crippen molar-refractivity contribution in [2.24, 2.45) is 11.8 Å². The van der Waals surface area contributed by atoms with E-state index < -0.39 is 11.6 Å². The summed E-state index contributed by atoms with van der Waals surface area (Å²) in [7, 11) is 0. The van der Waals surface area contributed by atoms with Gasteiger partial charge in [0.2, 0.25) is 0 Å². The van der Waals surface area contributed by atoms with Crippen LogP contribution < -0.4 is 11.3 Å². The summed E-state index contributed by atoms with van der Waals surface area (Å²) in [6, 6.07) is 3.26. The summed E-state index contributed by atoms with van der Waals surface area (Å²) in [6.07, 6.45) is 2.40. The number of ether oxygens (including phenoxy) is 2. The molecule has 0 aromatic heterocycles. The number of benzene rings is 1. The molecule has 3 unspecified atom stereocenters. The average Bonchev–Trinajstić information content (AvgIpc) is 2.90. The summed E-state index contributed by atoms with van der Waals surface area (Å²) >= 11 is 0. The summed E-state index contributed by atoms with van der Waals surface area (Å²) in [6.45, 7) is 1.88. The molecule has 0 radical (unpaired) electrons. The van der Waals surface area contributed by atoms with Crippen LogP contribution in [-0.2, 0) is 9.47 Å². The highest BCUT2D eigenvalue weighted by atomic mass is 19.1. The van der Waals surface area contributed by atoms with Crippen molar-refractivity contribution in [3.63, 3.8) is 0 Å². The highest BCUT2D eigenvalue weighted by Crippen LogP contribution is 2.41. The van der Waals surface area contributed by atoms with Crippen molar-refractivity contribution in [3.05, 3.63) is 35.4 Å². The van der Waals surface area contributed by atoms with E-state index in [2.05, 4.69) is 5.43 Å². The first-order valence-corrected chi connectivity index (χ1v) is 7.26. The van der Waals surface area contributed by atoms with Gasteiger partial charge in [-0.3, -0.25) is 11.3 Å². The van der Waals surface area contributed by atoms with Crippen molar-refractivity contribution in [3.8, 4) is 0 Å². The second-order valence-corrected chi connectivity index (χ2v) is 5.90. The molecule has 0 aliphatic carbocycles. The molecule has 1 aromatic rings. The molecule has 3 rings (SSSR count). The minimum atomic E-state index is -0.584. The Labute approximate surface area is 122 Å². The van der Waals surface area contributed by atoms with Gasteiger partial charge < -0.3 is 9.47 Å².